The summed E-state index contributed by atoms with van der Waals surface area (Å²) in [5, 5.41) is 17.8. The van der Waals surface area contributed by atoms with E-state index in [0.29, 0.717) is 5.71 Å². The molecule has 1 aromatic heterocycles. The topological polar surface area (TPSA) is 114 Å². The molecule has 0 spiro atoms. The van der Waals surface area contributed by atoms with Gasteiger partial charge in [0, 0.05) is 0 Å². The van der Waals surface area contributed by atoms with E-state index in [-0.39, 0.29) is 16.8 Å². The number of halogens is 1. The van der Waals surface area contributed by atoms with Gasteiger partial charge in [-0.25, -0.2) is 14.5 Å². The van der Waals surface area contributed by atoms with Crippen molar-refractivity contribution in [3.8, 4) is 5.69 Å². The molecule has 0 fully saturated rings. The first-order valence-electron chi connectivity index (χ1n) is 9.86. The molecule has 2 N–H and O–H groups in total. The van der Waals surface area contributed by atoms with Crippen LogP contribution in [0.15, 0.2) is 84.2 Å². The van der Waals surface area contributed by atoms with Gasteiger partial charge in [-0.05, 0) is 59.3 Å². The number of hydrogen-bond donors (Lipinski definition) is 2. The van der Waals surface area contributed by atoms with Crippen molar-refractivity contribution >= 4 is 23.2 Å². The van der Waals surface area contributed by atoms with Crippen LogP contribution in [-0.4, -0.2) is 37.7 Å². The third kappa shape index (κ3) is 4.96. The average Bonchev–Trinajstić information content (AvgIpc) is 3.38. The Labute approximate surface area is 187 Å². The summed E-state index contributed by atoms with van der Waals surface area (Å²) in [6.07, 6.45) is 1.47. The Morgan fingerprint density at radius 1 is 0.939 bits per heavy atom. The van der Waals surface area contributed by atoms with E-state index in [1.807, 2.05) is 24.3 Å². The molecule has 4 rings (SSSR count). The Kier molecular flexibility index (Phi) is 6.26. The van der Waals surface area contributed by atoms with E-state index in [1.165, 1.54) is 35.3 Å². The normalized spacial score (nSPS) is 11.2. The summed E-state index contributed by atoms with van der Waals surface area (Å²) in [5.74, 6) is -1.84. The zero-order chi connectivity index (χ0) is 23.2. The molecule has 2 amide bonds. The summed E-state index contributed by atoms with van der Waals surface area (Å²) in [6, 6.07) is 19.3. The summed E-state index contributed by atoms with van der Waals surface area (Å²) in [4.78, 5) is 25.2. The Bertz CT molecular complexity index is 1340. The van der Waals surface area contributed by atoms with Crippen molar-refractivity contribution in [2.75, 3.05) is 5.32 Å². The minimum Gasteiger partial charge on any atom is -0.321 e. The monoisotopic (exact) mass is 443 g/mol. The van der Waals surface area contributed by atoms with Gasteiger partial charge in [0.1, 0.15) is 12.1 Å². The van der Waals surface area contributed by atoms with E-state index in [0.717, 1.165) is 11.3 Å². The van der Waals surface area contributed by atoms with Gasteiger partial charge in [0.2, 0.25) is 0 Å². The van der Waals surface area contributed by atoms with Gasteiger partial charge in [0.05, 0.1) is 28.2 Å². The molecule has 0 bridgehead atoms. The van der Waals surface area contributed by atoms with Crippen LogP contribution >= 0.6 is 0 Å². The Balaban J connectivity index is 1.50. The van der Waals surface area contributed by atoms with E-state index in [4.69, 9.17) is 0 Å². The molecule has 0 atom stereocenters. The largest absolute Gasteiger partial charge is 0.321 e. The highest BCUT2D eigenvalue weighted by molar-refractivity contribution is 6.09. The molecule has 3 aromatic carbocycles. The summed E-state index contributed by atoms with van der Waals surface area (Å²) in [5.41, 5.74) is 4.82. The molecule has 0 unspecified atom stereocenters. The van der Waals surface area contributed by atoms with Crippen molar-refractivity contribution < 1.29 is 14.0 Å². The maximum Gasteiger partial charge on any atom is 0.273 e. The molecule has 1 heterocycles. The third-order valence-electron chi connectivity index (χ3n) is 4.74. The minimum absolute atomic E-state index is 0.121. The van der Waals surface area contributed by atoms with Gasteiger partial charge < -0.3 is 5.32 Å². The lowest BCUT2D eigenvalue weighted by molar-refractivity contribution is 0.0955. The Morgan fingerprint density at radius 3 is 2.45 bits per heavy atom. The lowest BCUT2D eigenvalue weighted by Gasteiger charge is -2.11. The lowest BCUT2D eigenvalue weighted by Crippen LogP contribution is -2.22. The molecule has 0 radical (unpaired) electrons. The molecule has 0 aliphatic rings. The predicted molar refractivity (Wildman–Crippen MR) is 120 cm³/mol. The van der Waals surface area contributed by atoms with Gasteiger partial charge >= 0.3 is 0 Å². The van der Waals surface area contributed by atoms with Crippen LogP contribution in [-0.2, 0) is 0 Å². The molecule has 164 valence electrons. The molecular formula is C23H18FN7O2. The maximum atomic E-state index is 13.9. The van der Waals surface area contributed by atoms with E-state index in [2.05, 4.69) is 31.4 Å². The number of hydrazone groups is 1. The van der Waals surface area contributed by atoms with Crippen LogP contribution in [0.4, 0.5) is 10.1 Å². The number of hydrogen-bond acceptors (Lipinski definition) is 6. The zero-order valence-corrected chi connectivity index (χ0v) is 17.4. The van der Waals surface area contributed by atoms with Gasteiger partial charge in [0.15, 0.2) is 0 Å². The van der Waals surface area contributed by atoms with Crippen molar-refractivity contribution in [1.82, 2.24) is 25.6 Å². The SMILES string of the molecule is C/C(=N/NC(=O)c1ccccc1NC(=O)c1ccccc1F)c1cccc(-n2cnnn2)c1. The Morgan fingerprint density at radius 2 is 1.70 bits per heavy atom. The van der Waals surface area contributed by atoms with Crippen LogP contribution in [0.3, 0.4) is 0 Å². The fourth-order valence-electron chi connectivity index (χ4n) is 3.04. The highest BCUT2D eigenvalue weighted by atomic mass is 19.1. The van der Waals surface area contributed by atoms with Crippen molar-refractivity contribution in [3.63, 3.8) is 0 Å². The molecular weight excluding hydrogens is 425 g/mol. The first-order valence-corrected chi connectivity index (χ1v) is 9.86. The van der Waals surface area contributed by atoms with Gasteiger partial charge in [-0.15, -0.1) is 5.10 Å². The van der Waals surface area contributed by atoms with Crippen LogP contribution in [0.25, 0.3) is 5.69 Å². The number of carbonyl (C=O) groups excluding carboxylic acids is 2. The minimum atomic E-state index is -0.660. The third-order valence-corrected chi connectivity index (χ3v) is 4.74. The first kappa shape index (κ1) is 21.5. The number of tetrazole rings is 1. The molecule has 4 aromatic rings. The fourth-order valence-corrected chi connectivity index (χ4v) is 3.04. The van der Waals surface area contributed by atoms with Crippen LogP contribution in [0.2, 0.25) is 0 Å². The number of rotatable bonds is 6. The number of para-hydroxylation sites is 1. The van der Waals surface area contributed by atoms with E-state index in [1.54, 1.807) is 31.2 Å². The van der Waals surface area contributed by atoms with E-state index in [9.17, 15) is 14.0 Å². The zero-order valence-electron chi connectivity index (χ0n) is 17.4. The van der Waals surface area contributed by atoms with Crippen molar-refractivity contribution in [2.45, 2.75) is 6.92 Å². The number of nitrogens with one attached hydrogen (secondary N) is 2. The van der Waals surface area contributed by atoms with Crippen LogP contribution in [0.5, 0.6) is 0 Å². The fraction of sp³-hybridized carbons (Fsp3) is 0.0435. The maximum absolute atomic E-state index is 13.9. The Hall–Kier alpha value is -4.73. The number of amides is 2. The molecule has 0 saturated carbocycles. The van der Waals surface area contributed by atoms with Gasteiger partial charge in [-0.3, -0.25) is 9.59 Å². The number of carbonyl (C=O) groups is 2. The standard InChI is InChI=1S/C23H18FN7O2/c1-15(16-7-6-8-17(13-16)31-14-25-29-30-31)27-28-23(33)19-10-3-5-12-21(19)26-22(32)18-9-2-4-11-20(18)24/h2-14H,1H3,(H,26,32)(H,28,33)/b27-15-. The van der Waals surface area contributed by atoms with Crippen LogP contribution in [0, 0.1) is 5.82 Å². The highest BCUT2D eigenvalue weighted by Gasteiger charge is 2.16. The number of nitrogens with zero attached hydrogens (tertiary/aromatic N) is 5. The van der Waals surface area contributed by atoms with E-state index < -0.39 is 17.6 Å². The summed E-state index contributed by atoms with van der Waals surface area (Å²) in [7, 11) is 0. The van der Waals surface area contributed by atoms with Crippen molar-refractivity contribution in [1.29, 1.82) is 0 Å². The lowest BCUT2D eigenvalue weighted by atomic mass is 10.1. The predicted octanol–water partition coefficient (Wildman–Crippen LogP) is 3.21. The van der Waals surface area contributed by atoms with Gasteiger partial charge in [-0.2, -0.15) is 5.10 Å². The first-order chi connectivity index (χ1) is 16.0. The second-order valence-corrected chi connectivity index (χ2v) is 6.92. The van der Waals surface area contributed by atoms with Gasteiger partial charge in [-0.1, -0.05) is 36.4 Å². The number of anilines is 1. The highest BCUT2D eigenvalue weighted by Crippen LogP contribution is 2.17. The molecule has 33 heavy (non-hydrogen) atoms. The number of benzene rings is 3. The van der Waals surface area contributed by atoms with E-state index >= 15 is 0 Å². The quantitative estimate of drug-likeness (QED) is 0.351. The van der Waals surface area contributed by atoms with Crippen LogP contribution < -0.4 is 10.7 Å². The smallest absolute Gasteiger partial charge is 0.273 e. The van der Waals surface area contributed by atoms with Gasteiger partial charge in [0.25, 0.3) is 11.8 Å². The molecule has 0 aliphatic heterocycles. The molecule has 9 nitrogen and oxygen atoms in total. The van der Waals surface area contributed by atoms with Crippen molar-refractivity contribution in [3.05, 3.63) is 102 Å². The average molecular weight is 443 g/mol. The number of aromatic nitrogens is 4. The van der Waals surface area contributed by atoms with Crippen molar-refractivity contribution in [2.24, 2.45) is 5.10 Å². The summed E-state index contributed by atoms with van der Waals surface area (Å²) in [6.45, 7) is 1.74. The second kappa shape index (κ2) is 9.60. The molecule has 0 saturated heterocycles. The summed E-state index contributed by atoms with van der Waals surface area (Å²) >= 11 is 0. The molecule has 10 heteroatoms. The summed E-state index contributed by atoms with van der Waals surface area (Å²) < 4.78 is 15.4. The second-order valence-electron chi connectivity index (χ2n) is 6.92. The van der Waals surface area contributed by atoms with Crippen LogP contribution in [0.1, 0.15) is 33.2 Å². The molecule has 0 aliphatic carbocycles.